The second-order valence-electron chi connectivity index (χ2n) is 5.91. The number of nitrogens with one attached hydrogen (secondary N) is 4. The van der Waals surface area contributed by atoms with Gasteiger partial charge < -0.3 is 42.0 Å². The topological polar surface area (TPSA) is 237 Å². The van der Waals surface area contributed by atoms with Crippen molar-refractivity contribution in [2.75, 3.05) is 13.2 Å². The van der Waals surface area contributed by atoms with Gasteiger partial charge in [-0.2, -0.15) is 0 Å². The minimum absolute atomic E-state index is 0.0815. The van der Waals surface area contributed by atoms with Crippen molar-refractivity contribution in [3.63, 3.8) is 0 Å². The summed E-state index contributed by atoms with van der Waals surface area (Å²) in [7, 11) is 0. The number of aromatic nitrogens is 2. The van der Waals surface area contributed by atoms with Crippen LogP contribution in [0.1, 0.15) is 12.1 Å². The lowest BCUT2D eigenvalue weighted by Crippen LogP contribution is -2.55. The molecule has 29 heavy (non-hydrogen) atoms. The van der Waals surface area contributed by atoms with Crippen LogP contribution in [-0.2, 0) is 30.4 Å². The average molecular weight is 414 g/mol. The second-order valence-corrected chi connectivity index (χ2v) is 5.91. The van der Waals surface area contributed by atoms with Gasteiger partial charge in [0, 0.05) is 18.3 Å². The number of H-pyrrole nitrogens is 1. The number of nitrogens with two attached hydrogens (primary N) is 1. The van der Waals surface area contributed by atoms with Gasteiger partial charge in [-0.3, -0.25) is 19.2 Å². The summed E-state index contributed by atoms with van der Waals surface area (Å²) in [6.45, 7) is -1.45. The Labute approximate surface area is 163 Å². The number of rotatable bonds is 12. The molecule has 3 amide bonds. The smallest absolute Gasteiger partial charge is 0.328 e. The Kier molecular flexibility index (Phi) is 9.21. The molecule has 0 aliphatic rings. The number of nitrogens with zero attached hydrogens (tertiary/aromatic N) is 1. The second kappa shape index (κ2) is 11.4. The molecule has 3 unspecified atom stereocenters. The van der Waals surface area contributed by atoms with E-state index in [-0.39, 0.29) is 6.42 Å². The highest BCUT2D eigenvalue weighted by atomic mass is 16.4. The fourth-order valence-electron chi connectivity index (χ4n) is 2.11. The van der Waals surface area contributed by atoms with Crippen LogP contribution in [0.3, 0.4) is 0 Å². The van der Waals surface area contributed by atoms with Gasteiger partial charge in [0.05, 0.1) is 31.9 Å². The number of aliphatic hydroxyl groups excluding tert-OH is 1. The molecule has 14 nitrogen and oxygen atoms in total. The van der Waals surface area contributed by atoms with Crippen molar-refractivity contribution in [3.8, 4) is 0 Å². The molecular formula is C15H22N6O8. The number of hydrogen-bond donors (Lipinski definition) is 8. The highest BCUT2D eigenvalue weighted by molar-refractivity contribution is 5.93. The quantitative estimate of drug-likeness (QED) is 0.164. The van der Waals surface area contributed by atoms with Crippen LogP contribution in [0.25, 0.3) is 0 Å². The molecule has 3 atom stereocenters. The van der Waals surface area contributed by atoms with E-state index in [2.05, 4.69) is 25.9 Å². The molecule has 1 heterocycles. The lowest BCUT2D eigenvalue weighted by Gasteiger charge is -2.20. The summed E-state index contributed by atoms with van der Waals surface area (Å²) in [6, 6.07) is -4.18. The average Bonchev–Trinajstić information content (AvgIpc) is 3.15. The summed E-state index contributed by atoms with van der Waals surface area (Å²) in [5, 5.41) is 33.1. The molecule has 14 heteroatoms. The third-order valence-electron chi connectivity index (χ3n) is 3.58. The summed E-state index contributed by atoms with van der Waals surface area (Å²) in [4.78, 5) is 64.1. The lowest BCUT2D eigenvalue weighted by molar-refractivity contribution is -0.143. The number of carboxylic acids is 2. The van der Waals surface area contributed by atoms with Crippen LogP contribution in [0.4, 0.5) is 0 Å². The number of carboxylic acid groups (broad SMARTS) is 2. The van der Waals surface area contributed by atoms with Crippen molar-refractivity contribution in [2.45, 2.75) is 31.0 Å². The van der Waals surface area contributed by atoms with Crippen LogP contribution in [0, 0.1) is 0 Å². The van der Waals surface area contributed by atoms with Gasteiger partial charge >= 0.3 is 11.9 Å². The Morgan fingerprint density at radius 1 is 1.10 bits per heavy atom. The summed E-state index contributed by atoms with van der Waals surface area (Å²) in [5.74, 6) is -5.32. The largest absolute Gasteiger partial charge is 0.481 e. The summed E-state index contributed by atoms with van der Waals surface area (Å²) >= 11 is 0. The van der Waals surface area contributed by atoms with Gasteiger partial charge in [0.25, 0.3) is 0 Å². The molecule has 1 aromatic rings. The molecule has 0 spiro atoms. The molecular weight excluding hydrogens is 392 g/mol. The third kappa shape index (κ3) is 8.35. The first-order valence-corrected chi connectivity index (χ1v) is 8.29. The van der Waals surface area contributed by atoms with E-state index in [0.29, 0.717) is 5.69 Å². The molecule has 160 valence electrons. The van der Waals surface area contributed by atoms with E-state index in [1.807, 2.05) is 0 Å². The van der Waals surface area contributed by atoms with Crippen LogP contribution in [-0.4, -0.2) is 86.2 Å². The van der Waals surface area contributed by atoms with Gasteiger partial charge in [-0.05, 0) is 0 Å². The van der Waals surface area contributed by atoms with Crippen LogP contribution in [0.15, 0.2) is 12.5 Å². The number of carbonyl (C=O) groups is 5. The predicted molar refractivity (Wildman–Crippen MR) is 94.1 cm³/mol. The molecule has 0 bridgehead atoms. The lowest BCUT2D eigenvalue weighted by atomic mass is 10.1. The first kappa shape index (κ1) is 23.5. The highest BCUT2D eigenvalue weighted by Crippen LogP contribution is 2.00. The van der Waals surface area contributed by atoms with E-state index < -0.39 is 67.4 Å². The summed E-state index contributed by atoms with van der Waals surface area (Å²) < 4.78 is 0. The normalized spacial score (nSPS) is 13.6. The number of carbonyl (C=O) groups excluding carboxylic acids is 3. The molecule has 0 saturated carbocycles. The zero-order valence-electron chi connectivity index (χ0n) is 15.1. The van der Waals surface area contributed by atoms with E-state index in [4.69, 9.17) is 21.1 Å². The van der Waals surface area contributed by atoms with Crippen molar-refractivity contribution in [3.05, 3.63) is 18.2 Å². The number of hydrogen-bond acceptors (Lipinski definition) is 8. The molecule has 0 radical (unpaired) electrons. The Morgan fingerprint density at radius 2 is 1.79 bits per heavy atom. The predicted octanol–water partition coefficient (Wildman–Crippen LogP) is -4.08. The number of aromatic amines is 1. The minimum atomic E-state index is -1.57. The van der Waals surface area contributed by atoms with Gasteiger partial charge in [-0.15, -0.1) is 0 Å². The first-order valence-electron chi connectivity index (χ1n) is 8.29. The van der Waals surface area contributed by atoms with E-state index >= 15 is 0 Å². The van der Waals surface area contributed by atoms with E-state index in [9.17, 15) is 24.0 Å². The van der Waals surface area contributed by atoms with Gasteiger partial charge in [0.1, 0.15) is 12.1 Å². The number of aliphatic carboxylic acids is 2. The van der Waals surface area contributed by atoms with Crippen LogP contribution < -0.4 is 21.7 Å². The van der Waals surface area contributed by atoms with E-state index in [1.165, 1.54) is 12.5 Å². The van der Waals surface area contributed by atoms with Crippen molar-refractivity contribution in [2.24, 2.45) is 5.73 Å². The highest BCUT2D eigenvalue weighted by Gasteiger charge is 2.27. The zero-order chi connectivity index (χ0) is 22.0. The Morgan fingerprint density at radius 3 is 2.31 bits per heavy atom. The molecule has 0 fully saturated rings. The molecule has 0 aliphatic heterocycles. The number of aliphatic hydroxyl groups is 1. The van der Waals surface area contributed by atoms with E-state index in [0.717, 1.165) is 0 Å². The number of imidazole rings is 1. The van der Waals surface area contributed by atoms with Gasteiger partial charge in [-0.25, -0.2) is 9.78 Å². The van der Waals surface area contributed by atoms with Crippen molar-refractivity contribution in [1.29, 1.82) is 0 Å². The zero-order valence-corrected chi connectivity index (χ0v) is 15.1. The molecule has 9 N–H and O–H groups in total. The van der Waals surface area contributed by atoms with Crippen molar-refractivity contribution < 1.29 is 39.3 Å². The van der Waals surface area contributed by atoms with Crippen LogP contribution in [0.5, 0.6) is 0 Å². The Balaban J connectivity index is 2.71. The van der Waals surface area contributed by atoms with Gasteiger partial charge in [-0.1, -0.05) is 0 Å². The van der Waals surface area contributed by atoms with Crippen LogP contribution in [0.2, 0.25) is 0 Å². The Hall–Kier alpha value is -3.52. The molecule has 1 aromatic heterocycles. The van der Waals surface area contributed by atoms with E-state index in [1.54, 1.807) is 0 Å². The van der Waals surface area contributed by atoms with Gasteiger partial charge in [0.15, 0.2) is 0 Å². The maximum atomic E-state index is 12.3. The maximum absolute atomic E-state index is 12.3. The number of amides is 3. The van der Waals surface area contributed by atoms with Crippen molar-refractivity contribution in [1.82, 2.24) is 25.9 Å². The fraction of sp³-hybridized carbons (Fsp3) is 0.467. The fourth-order valence-corrected chi connectivity index (χ4v) is 2.11. The first-order chi connectivity index (χ1) is 13.6. The van der Waals surface area contributed by atoms with Crippen molar-refractivity contribution >= 4 is 29.7 Å². The molecule has 1 rings (SSSR count). The minimum Gasteiger partial charge on any atom is -0.481 e. The standard InChI is InChI=1S/C15H22N6O8/c16-8(2-12(24)25)13(26)18-4-11(23)20-9(1-7-3-17-6-19-7)14(27)21-10(5-22)15(28)29/h3,6,8-10,22H,1-2,4-5,16H2,(H,17,19)(H,18,26)(H,20,23)(H,21,27)(H,24,25)(H,28,29). The molecule has 0 aromatic carbocycles. The summed E-state index contributed by atoms with van der Waals surface area (Å²) in [5.41, 5.74) is 5.82. The monoisotopic (exact) mass is 414 g/mol. The van der Waals surface area contributed by atoms with Gasteiger partial charge in [0.2, 0.25) is 17.7 Å². The maximum Gasteiger partial charge on any atom is 0.328 e. The third-order valence-corrected chi connectivity index (χ3v) is 3.58. The Bertz CT molecular complexity index is 737. The SMILES string of the molecule is NC(CC(=O)O)C(=O)NCC(=O)NC(Cc1cnc[nH]1)C(=O)NC(CO)C(=O)O. The van der Waals surface area contributed by atoms with Crippen LogP contribution >= 0.6 is 0 Å². The summed E-state index contributed by atoms with van der Waals surface area (Å²) in [6.07, 6.45) is 2.02. The molecule has 0 aliphatic carbocycles. The molecule has 0 saturated heterocycles.